The monoisotopic (exact) mass is 486 g/mol. The topological polar surface area (TPSA) is 104 Å². The predicted octanol–water partition coefficient (Wildman–Crippen LogP) is 3.43. The van der Waals surface area contributed by atoms with Crippen LogP contribution in [0.2, 0.25) is 0 Å². The molecule has 0 aliphatic carbocycles. The first kappa shape index (κ1) is 24.2. The average Bonchev–Trinajstić information content (AvgIpc) is 2.84. The zero-order chi connectivity index (χ0) is 24.5. The Morgan fingerprint density at radius 1 is 1.03 bits per heavy atom. The third-order valence-electron chi connectivity index (χ3n) is 6.77. The lowest BCUT2D eigenvalue weighted by molar-refractivity contribution is -0.384. The Morgan fingerprint density at radius 3 is 2.41 bits per heavy atom. The van der Waals surface area contributed by atoms with Crippen molar-refractivity contribution in [2.45, 2.75) is 44.0 Å². The van der Waals surface area contributed by atoms with E-state index in [1.54, 1.807) is 46.5 Å². The fourth-order valence-electron chi connectivity index (χ4n) is 4.76. The van der Waals surface area contributed by atoms with Gasteiger partial charge in [0.15, 0.2) is 0 Å². The summed E-state index contributed by atoms with van der Waals surface area (Å²) in [4.78, 5) is 28.1. The minimum Gasteiger partial charge on any atom is -0.362 e. The summed E-state index contributed by atoms with van der Waals surface area (Å²) < 4.78 is 28.1. The Balaban J connectivity index is 1.52. The van der Waals surface area contributed by atoms with Gasteiger partial charge in [-0.1, -0.05) is 24.6 Å². The first-order valence-corrected chi connectivity index (χ1v) is 13.0. The van der Waals surface area contributed by atoms with Crippen LogP contribution in [0.25, 0.3) is 0 Å². The van der Waals surface area contributed by atoms with E-state index in [-0.39, 0.29) is 22.5 Å². The van der Waals surface area contributed by atoms with Crippen molar-refractivity contribution < 1.29 is 18.1 Å². The Kier molecular flexibility index (Phi) is 6.90. The molecule has 9 nitrogen and oxygen atoms in total. The van der Waals surface area contributed by atoms with Gasteiger partial charge >= 0.3 is 0 Å². The molecule has 2 aromatic rings. The van der Waals surface area contributed by atoms with Crippen LogP contribution in [0.1, 0.15) is 42.1 Å². The number of carbonyl (C=O) groups excluding carboxylic acids is 1. The maximum absolute atomic E-state index is 13.3. The average molecular weight is 487 g/mol. The standard InChI is InChI=1S/C24H30N4O5S/c1-18-10-11-20(34(32,33)27-12-6-5-7-19(27)2)17-21(18)24(29)26-15-13-25(14-16-26)22-8-3-4-9-23(22)28(30)31/h3-4,8-11,17,19H,5-7,12-16H2,1-2H3. The molecule has 10 heteroatoms. The molecular weight excluding hydrogens is 456 g/mol. The van der Waals surface area contributed by atoms with Crippen molar-refractivity contribution in [3.8, 4) is 0 Å². The van der Waals surface area contributed by atoms with Gasteiger partial charge in [-0.15, -0.1) is 0 Å². The summed E-state index contributed by atoms with van der Waals surface area (Å²) in [5.74, 6) is -0.219. The summed E-state index contributed by atoms with van der Waals surface area (Å²) in [6.07, 6.45) is 2.69. The van der Waals surface area contributed by atoms with E-state index in [1.165, 1.54) is 12.1 Å². The van der Waals surface area contributed by atoms with E-state index in [9.17, 15) is 23.3 Å². The highest BCUT2D eigenvalue weighted by Crippen LogP contribution is 2.30. The van der Waals surface area contributed by atoms with Crippen molar-refractivity contribution in [2.75, 3.05) is 37.6 Å². The number of nitro groups is 1. The van der Waals surface area contributed by atoms with Gasteiger partial charge in [0.25, 0.3) is 11.6 Å². The Hall–Kier alpha value is -2.98. The number of aryl methyl sites for hydroxylation is 1. The number of nitrogens with zero attached hydrogens (tertiary/aromatic N) is 4. The van der Waals surface area contributed by atoms with E-state index >= 15 is 0 Å². The molecule has 0 saturated carbocycles. The van der Waals surface area contributed by atoms with Gasteiger partial charge in [0, 0.05) is 50.4 Å². The lowest BCUT2D eigenvalue weighted by atomic mass is 10.1. The van der Waals surface area contributed by atoms with Crippen molar-refractivity contribution in [3.63, 3.8) is 0 Å². The highest BCUT2D eigenvalue weighted by molar-refractivity contribution is 7.89. The number of benzene rings is 2. The first-order valence-electron chi connectivity index (χ1n) is 11.6. The van der Waals surface area contributed by atoms with Crippen molar-refractivity contribution >= 4 is 27.3 Å². The Bertz CT molecular complexity index is 1190. The number of anilines is 1. The molecule has 2 saturated heterocycles. The summed E-state index contributed by atoms with van der Waals surface area (Å²) in [7, 11) is -3.68. The summed E-state index contributed by atoms with van der Waals surface area (Å²) in [5, 5.41) is 11.4. The van der Waals surface area contributed by atoms with Crippen LogP contribution in [0, 0.1) is 17.0 Å². The van der Waals surface area contributed by atoms with Crippen LogP contribution in [-0.2, 0) is 10.0 Å². The van der Waals surface area contributed by atoms with E-state index in [4.69, 9.17) is 0 Å². The maximum atomic E-state index is 13.3. The van der Waals surface area contributed by atoms with Gasteiger partial charge in [0.05, 0.1) is 9.82 Å². The SMILES string of the molecule is Cc1ccc(S(=O)(=O)N2CCCCC2C)cc1C(=O)N1CCN(c2ccccc2[N+](=O)[O-])CC1. The molecule has 1 atom stereocenters. The minimum absolute atomic E-state index is 0.0444. The van der Waals surface area contributed by atoms with Crippen LogP contribution in [0.15, 0.2) is 47.4 Å². The van der Waals surface area contributed by atoms with Crippen LogP contribution in [0.4, 0.5) is 11.4 Å². The lowest BCUT2D eigenvalue weighted by Crippen LogP contribution is -2.49. The molecule has 1 unspecified atom stereocenters. The molecule has 0 aromatic heterocycles. The summed E-state index contributed by atoms with van der Waals surface area (Å²) >= 11 is 0. The lowest BCUT2D eigenvalue weighted by Gasteiger charge is -2.36. The van der Waals surface area contributed by atoms with Gasteiger partial charge in [-0.2, -0.15) is 4.31 Å². The first-order chi connectivity index (χ1) is 16.2. The highest BCUT2D eigenvalue weighted by Gasteiger charge is 2.32. The predicted molar refractivity (Wildman–Crippen MR) is 130 cm³/mol. The van der Waals surface area contributed by atoms with Crippen molar-refractivity contribution in [1.29, 1.82) is 0 Å². The number of hydrogen-bond acceptors (Lipinski definition) is 6. The second kappa shape index (κ2) is 9.71. The third-order valence-corrected chi connectivity index (χ3v) is 8.78. The largest absolute Gasteiger partial charge is 0.362 e. The van der Waals surface area contributed by atoms with E-state index in [2.05, 4.69) is 0 Å². The van der Waals surface area contributed by atoms with Crippen molar-refractivity contribution in [1.82, 2.24) is 9.21 Å². The normalized spacial score (nSPS) is 19.8. The quantitative estimate of drug-likeness (QED) is 0.474. The molecular formula is C24H30N4O5S. The number of carbonyl (C=O) groups is 1. The molecule has 34 heavy (non-hydrogen) atoms. The number of sulfonamides is 1. The molecule has 0 N–H and O–H groups in total. The summed E-state index contributed by atoms with van der Waals surface area (Å²) in [6, 6.07) is 11.3. The van der Waals surface area contributed by atoms with Crippen LogP contribution < -0.4 is 4.90 Å². The molecule has 0 radical (unpaired) electrons. The molecule has 1 amide bonds. The molecule has 4 rings (SSSR count). The van der Waals surface area contributed by atoms with Crippen LogP contribution >= 0.6 is 0 Å². The van der Waals surface area contributed by atoms with Crippen molar-refractivity contribution in [3.05, 3.63) is 63.7 Å². The molecule has 2 aromatic carbocycles. The second-order valence-corrected chi connectivity index (χ2v) is 10.9. The molecule has 182 valence electrons. The number of rotatable bonds is 5. The zero-order valence-corrected chi connectivity index (χ0v) is 20.3. The maximum Gasteiger partial charge on any atom is 0.292 e. The highest BCUT2D eigenvalue weighted by atomic mass is 32.2. The minimum atomic E-state index is -3.68. The molecule has 2 aliphatic heterocycles. The number of amides is 1. The van der Waals surface area contributed by atoms with E-state index < -0.39 is 14.9 Å². The van der Waals surface area contributed by atoms with Crippen LogP contribution in [0.3, 0.4) is 0 Å². The van der Waals surface area contributed by atoms with Gasteiger partial charge in [-0.25, -0.2) is 8.42 Å². The smallest absolute Gasteiger partial charge is 0.292 e. The number of piperazine rings is 1. The molecule has 0 bridgehead atoms. The van der Waals surface area contributed by atoms with Gasteiger partial charge in [0.1, 0.15) is 5.69 Å². The molecule has 0 spiro atoms. The van der Waals surface area contributed by atoms with Crippen LogP contribution in [0.5, 0.6) is 0 Å². The molecule has 2 aliphatic rings. The number of nitro benzene ring substituents is 1. The van der Waals surface area contributed by atoms with Gasteiger partial charge < -0.3 is 9.80 Å². The Morgan fingerprint density at radius 2 is 1.74 bits per heavy atom. The number of piperidine rings is 1. The number of para-hydroxylation sites is 2. The number of hydrogen-bond donors (Lipinski definition) is 0. The summed E-state index contributed by atoms with van der Waals surface area (Å²) in [5.41, 5.74) is 1.68. The fourth-order valence-corrected chi connectivity index (χ4v) is 6.49. The third kappa shape index (κ3) is 4.65. The zero-order valence-electron chi connectivity index (χ0n) is 19.5. The fraction of sp³-hybridized carbons (Fsp3) is 0.458. The van der Waals surface area contributed by atoms with Crippen molar-refractivity contribution in [2.24, 2.45) is 0 Å². The molecule has 2 heterocycles. The summed E-state index contributed by atoms with van der Waals surface area (Å²) in [6.45, 7) is 5.92. The molecule has 2 fully saturated rings. The van der Waals surface area contributed by atoms with Gasteiger partial charge in [0.2, 0.25) is 10.0 Å². The Labute approximate surface area is 200 Å². The van der Waals surface area contributed by atoms with Crippen LogP contribution in [-0.4, -0.2) is 67.2 Å². The van der Waals surface area contributed by atoms with E-state index in [0.29, 0.717) is 44.0 Å². The van der Waals surface area contributed by atoms with Gasteiger partial charge in [-0.3, -0.25) is 14.9 Å². The van der Waals surface area contributed by atoms with E-state index in [0.717, 1.165) is 24.8 Å². The van der Waals surface area contributed by atoms with E-state index in [1.807, 2.05) is 11.8 Å². The van der Waals surface area contributed by atoms with Gasteiger partial charge in [-0.05, 0) is 50.5 Å². The second-order valence-electron chi connectivity index (χ2n) is 8.96.